The fraction of sp³-hybridized carbons (Fsp3) is 0.111. The standard InChI is InChI=1S/C18H11BrF3N5O/c19-13-5-7-14(8-6-13)27-16-15(24-25-27)17(28)26(10-23-16)9-11-1-3-12(4-2-11)18(20,21)22/h1-8,10H,9H2. The number of alkyl halides is 3. The Labute approximate surface area is 164 Å². The summed E-state index contributed by atoms with van der Waals surface area (Å²) in [5, 5.41) is 7.92. The molecule has 0 unspecified atom stereocenters. The maximum atomic E-state index is 12.7. The van der Waals surface area contributed by atoms with Crippen molar-refractivity contribution in [2.45, 2.75) is 12.7 Å². The van der Waals surface area contributed by atoms with Gasteiger partial charge in [-0.15, -0.1) is 5.10 Å². The summed E-state index contributed by atoms with van der Waals surface area (Å²) in [7, 11) is 0. The van der Waals surface area contributed by atoms with Gasteiger partial charge in [-0.25, -0.2) is 4.98 Å². The highest BCUT2D eigenvalue weighted by Gasteiger charge is 2.29. The molecule has 0 bridgehead atoms. The van der Waals surface area contributed by atoms with Crippen molar-refractivity contribution in [3.8, 4) is 5.69 Å². The highest BCUT2D eigenvalue weighted by molar-refractivity contribution is 9.10. The molecular weight excluding hydrogens is 439 g/mol. The first-order chi connectivity index (χ1) is 13.3. The molecule has 0 aliphatic heterocycles. The third-order valence-electron chi connectivity index (χ3n) is 4.13. The largest absolute Gasteiger partial charge is 0.416 e. The van der Waals surface area contributed by atoms with Crippen molar-refractivity contribution in [1.29, 1.82) is 0 Å². The fourth-order valence-electron chi connectivity index (χ4n) is 2.71. The molecule has 0 saturated carbocycles. The number of fused-ring (bicyclic) bond motifs is 1. The molecule has 2 aromatic heterocycles. The van der Waals surface area contributed by atoms with Crippen LogP contribution in [0.15, 0.2) is 64.1 Å². The van der Waals surface area contributed by atoms with Crippen molar-refractivity contribution in [3.63, 3.8) is 0 Å². The van der Waals surface area contributed by atoms with E-state index in [4.69, 9.17) is 0 Å². The van der Waals surface area contributed by atoms with Crippen LogP contribution in [0.4, 0.5) is 13.2 Å². The molecular formula is C18H11BrF3N5O. The normalized spacial score (nSPS) is 11.9. The van der Waals surface area contributed by atoms with Gasteiger partial charge in [0.25, 0.3) is 5.56 Å². The van der Waals surface area contributed by atoms with Crippen molar-refractivity contribution in [1.82, 2.24) is 24.5 Å². The first kappa shape index (κ1) is 18.4. The summed E-state index contributed by atoms with van der Waals surface area (Å²) in [5.74, 6) is 0. The van der Waals surface area contributed by atoms with Crippen LogP contribution in [0, 0.1) is 0 Å². The third-order valence-corrected chi connectivity index (χ3v) is 4.66. The van der Waals surface area contributed by atoms with E-state index in [1.54, 1.807) is 12.1 Å². The Bertz CT molecular complexity index is 1200. The van der Waals surface area contributed by atoms with Crippen LogP contribution in [0.5, 0.6) is 0 Å². The number of aromatic nitrogens is 5. The molecule has 0 N–H and O–H groups in total. The van der Waals surface area contributed by atoms with Gasteiger partial charge in [-0.3, -0.25) is 9.36 Å². The van der Waals surface area contributed by atoms with Crippen molar-refractivity contribution in [2.75, 3.05) is 0 Å². The zero-order chi connectivity index (χ0) is 19.9. The van der Waals surface area contributed by atoms with Gasteiger partial charge in [0, 0.05) is 4.47 Å². The Morgan fingerprint density at radius 3 is 2.32 bits per heavy atom. The highest BCUT2D eigenvalue weighted by atomic mass is 79.9. The van der Waals surface area contributed by atoms with Gasteiger partial charge in [-0.1, -0.05) is 33.3 Å². The minimum Gasteiger partial charge on any atom is -0.293 e. The van der Waals surface area contributed by atoms with Crippen molar-refractivity contribution in [3.05, 3.63) is 80.8 Å². The van der Waals surface area contributed by atoms with Gasteiger partial charge in [0.1, 0.15) is 6.33 Å². The van der Waals surface area contributed by atoms with E-state index < -0.39 is 17.3 Å². The second-order valence-electron chi connectivity index (χ2n) is 6.02. The van der Waals surface area contributed by atoms with Crippen LogP contribution in [0.3, 0.4) is 0 Å². The minimum atomic E-state index is -4.40. The molecule has 0 fully saturated rings. The molecule has 28 heavy (non-hydrogen) atoms. The van der Waals surface area contributed by atoms with E-state index in [2.05, 4.69) is 31.2 Å². The predicted molar refractivity (Wildman–Crippen MR) is 99.2 cm³/mol. The fourth-order valence-corrected chi connectivity index (χ4v) is 2.97. The second-order valence-corrected chi connectivity index (χ2v) is 6.94. The van der Waals surface area contributed by atoms with E-state index >= 15 is 0 Å². The Kier molecular flexibility index (Phi) is 4.50. The number of hydrogen-bond acceptors (Lipinski definition) is 4. The zero-order valence-corrected chi connectivity index (χ0v) is 15.6. The maximum Gasteiger partial charge on any atom is 0.416 e. The lowest BCUT2D eigenvalue weighted by atomic mass is 10.1. The van der Waals surface area contributed by atoms with E-state index in [0.29, 0.717) is 16.9 Å². The van der Waals surface area contributed by atoms with Crippen molar-refractivity contribution < 1.29 is 13.2 Å². The van der Waals surface area contributed by atoms with Gasteiger partial charge < -0.3 is 0 Å². The molecule has 0 amide bonds. The average Bonchev–Trinajstić information content (AvgIpc) is 3.09. The van der Waals surface area contributed by atoms with Gasteiger partial charge in [0.05, 0.1) is 17.8 Å². The summed E-state index contributed by atoms with van der Waals surface area (Å²) >= 11 is 3.35. The minimum absolute atomic E-state index is 0.0745. The lowest BCUT2D eigenvalue weighted by Gasteiger charge is -2.09. The number of nitrogens with zero attached hydrogens (tertiary/aromatic N) is 5. The van der Waals surface area contributed by atoms with Crippen LogP contribution in [-0.2, 0) is 12.7 Å². The van der Waals surface area contributed by atoms with E-state index in [9.17, 15) is 18.0 Å². The molecule has 142 valence electrons. The molecule has 0 aliphatic carbocycles. The Morgan fingerprint density at radius 1 is 1.00 bits per heavy atom. The number of hydrogen-bond donors (Lipinski definition) is 0. The number of benzene rings is 2. The van der Waals surface area contributed by atoms with Gasteiger partial charge in [-0.05, 0) is 42.0 Å². The van der Waals surface area contributed by atoms with E-state index in [-0.39, 0.29) is 12.1 Å². The summed E-state index contributed by atoms with van der Waals surface area (Å²) in [6.07, 6.45) is -3.07. The average molecular weight is 450 g/mol. The number of rotatable bonds is 3. The smallest absolute Gasteiger partial charge is 0.293 e. The summed E-state index contributed by atoms with van der Waals surface area (Å²) in [6, 6.07) is 11.9. The molecule has 0 aliphatic rings. The van der Waals surface area contributed by atoms with Crippen LogP contribution < -0.4 is 5.56 Å². The molecule has 2 heterocycles. The zero-order valence-electron chi connectivity index (χ0n) is 14.1. The number of halogens is 4. The SMILES string of the molecule is O=c1c2nnn(-c3ccc(Br)cc3)c2ncn1Cc1ccc(C(F)(F)F)cc1. The molecule has 6 nitrogen and oxygen atoms in total. The summed E-state index contributed by atoms with van der Waals surface area (Å²) in [6.45, 7) is 0.0745. The second kappa shape index (κ2) is 6.86. The third kappa shape index (κ3) is 3.42. The lowest BCUT2D eigenvalue weighted by Crippen LogP contribution is -2.21. The molecule has 10 heteroatoms. The van der Waals surface area contributed by atoms with Gasteiger partial charge in [-0.2, -0.15) is 17.9 Å². The van der Waals surface area contributed by atoms with Crippen LogP contribution in [0.1, 0.15) is 11.1 Å². The van der Waals surface area contributed by atoms with Gasteiger partial charge in [0.2, 0.25) is 0 Å². The summed E-state index contributed by atoms with van der Waals surface area (Å²) < 4.78 is 41.6. The van der Waals surface area contributed by atoms with Gasteiger partial charge in [0.15, 0.2) is 11.2 Å². The summed E-state index contributed by atoms with van der Waals surface area (Å²) in [5.41, 5.74) is 0.450. The monoisotopic (exact) mass is 449 g/mol. The van der Waals surface area contributed by atoms with Crippen LogP contribution in [0.25, 0.3) is 16.9 Å². The molecule has 0 radical (unpaired) electrons. The molecule has 2 aromatic carbocycles. The topological polar surface area (TPSA) is 65.6 Å². The Morgan fingerprint density at radius 2 is 1.68 bits per heavy atom. The highest BCUT2D eigenvalue weighted by Crippen LogP contribution is 2.29. The molecule has 4 rings (SSSR count). The Hall–Kier alpha value is -3.01. The van der Waals surface area contributed by atoms with Crippen LogP contribution in [-0.4, -0.2) is 24.5 Å². The quantitative estimate of drug-likeness (QED) is 0.477. The van der Waals surface area contributed by atoms with Crippen molar-refractivity contribution >= 4 is 27.1 Å². The first-order valence-electron chi connectivity index (χ1n) is 8.06. The van der Waals surface area contributed by atoms with E-state index in [0.717, 1.165) is 16.6 Å². The predicted octanol–water partition coefficient (Wildman–Crippen LogP) is 3.81. The van der Waals surface area contributed by atoms with E-state index in [1.165, 1.54) is 27.7 Å². The molecule has 0 spiro atoms. The van der Waals surface area contributed by atoms with Crippen molar-refractivity contribution in [2.24, 2.45) is 0 Å². The lowest BCUT2D eigenvalue weighted by molar-refractivity contribution is -0.137. The Balaban J connectivity index is 1.67. The molecule has 0 atom stereocenters. The van der Waals surface area contributed by atoms with Crippen LogP contribution in [0.2, 0.25) is 0 Å². The molecule has 0 saturated heterocycles. The van der Waals surface area contributed by atoms with E-state index in [1.807, 2.05) is 12.1 Å². The summed E-state index contributed by atoms with van der Waals surface area (Å²) in [4.78, 5) is 16.9. The maximum absolute atomic E-state index is 12.7. The van der Waals surface area contributed by atoms with Crippen LogP contribution >= 0.6 is 15.9 Å². The van der Waals surface area contributed by atoms with Gasteiger partial charge >= 0.3 is 6.18 Å². The molecule has 4 aromatic rings. The first-order valence-corrected chi connectivity index (χ1v) is 8.85.